The number of halogens is 5. The molecule has 0 bridgehead atoms. The van der Waals surface area contributed by atoms with Crippen LogP contribution in [0.5, 0.6) is 69.0 Å². The van der Waals surface area contributed by atoms with Crippen molar-refractivity contribution in [1.82, 2.24) is 14.7 Å². The first-order valence-electron chi connectivity index (χ1n) is 36.4. The number of rotatable bonds is 28. The number of ketones is 3. The van der Waals surface area contributed by atoms with Gasteiger partial charge >= 0.3 is 0 Å². The molecule has 6 heterocycles. The Morgan fingerprint density at radius 3 is 1.15 bits per heavy atom. The van der Waals surface area contributed by atoms with Crippen molar-refractivity contribution in [2.45, 2.75) is 78.6 Å². The summed E-state index contributed by atoms with van der Waals surface area (Å²) in [5.41, 5.74) is 5.41. The van der Waals surface area contributed by atoms with Crippen LogP contribution in [0.1, 0.15) is 99.7 Å². The molecule has 12 aromatic rings. The Labute approximate surface area is 651 Å². The first-order valence-corrected chi connectivity index (χ1v) is 39.2. The quantitative estimate of drug-likeness (QED) is 0.0311. The van der Waals surface area contributed by atoms with Gasteiger partial charge in [0, 0.05) is 106 Å². The van der Waals surface area contributed by atoms with Gasteiger partial charge in [-0.1, -0.05) is 48.9 Å². The molecule has 0 radical (unpaired) electrons. The number of carbonyl (C=O) groups excluding carboxylic acids is 3. The molecule has 0 atom stereocenters. The zero-order chi connectivity index (χ0) is 77.3. The van der Waals surface area contributed by atoms with Gasteiger partial charge in [-0.25, -0.2) is 4.39 Å². The third kappa shape index (κ3) is 18.4. The summed E-state index contributed by atoms with van der Waals surface area (Å²) in [6.07, 6.45) is 2.43. The smallest absolute Gasteiger partial charge is 0.208 e. The number of benzene rings is 9. The summed E-state index contributed by atoms with van der Waals surface area (Å²) in [6.45, 7) is 15.4. The Hall–Kier alpha value is -10.0. The molecule has 3 aliphatic rings. The Morgan fingerprint density at radius 2 is 0.791 bits per heavy atom. The van der Waals surface area contributed by atoms with Gasteiger partial charge in [-0.3, -0.25) is 42.3 Å². The summed E-state index contributed by atoms with van der Waals surface area (Å²) in [5.74, 6) is 4.56. The standard InChI is InChI=1S/C30H29F2NO4S.C29H27ClFNO4S.C28H26FNO4S/c1-3-19-14-20(32)13-18(2)27(19)28(35)30-29(25-10-5-21(34)15-26(25)38-30)37-23-8-6-22(7-9-23)36-24-16-33(17-24)12-4-11-31;1-17-12-18(2)26(24(30)13-17)27(34)29-28(23-9-4-19(33)14-25(23)37-29)36-21-7-5-20(6-8-21)35-22-15-32(16-22)11-3-10-31;1-18-5-2-3-6-23(18)26(32)28-27(24-12-7-19(31)15-25(24)35-28)34-21-10-8-20(9-11-21)33-22-16-30(17-22)14-4-13-29/h5-10,13-15,24,34H,3-4,11-12,16-17H2,1-2H3;4-9,12-14,22,33H,3,10-11,15-16H2,1-2H3;2-3,5-12,15,22,31H,4,13-14,16-17H2,1H3. The van der Waals surface area contributed by atoms with E-state index < -0.39 is 0 Å². The Balaban J connectivity index is 0.000000145. The maximum Gasteiger partial charge on any atom is 0.208 e. The highest BCUT2D eigenvalue weighted by Gasteiger charge is 2.33. The van der Waals surface area contributed by atoms with Gasteiger partial charge < -0.3 is 43.7 Å². The van der Waals surface area contributed by atoms with Crippen LogP contribution in [0.15, 0.2) is 176 Å². The fourth-order valence-electron chi connectivity index (χ4n) is 13.6. The highest BCUT2D eigenvalue weighted by atomic mass is 35.5. The first kappa shape index (κ1) is 78.1. The summed E-state index contributed by atoms with van der Waals surface area (Å²) in [6, 6.07) is 50.6. The predicted molar refractivity (Wildman–Crippen MR) is 427 cm³/mol. The van der Waals surface area contributed by atoms with E-state index >= 15 is 0 Å². The number of aryl methyl sites for hydroxylation is 5. The molecule has 3 aromatic heterocycles. The molecule has 3 fully saturated rings. The molecular formula is C87H82ClF4N3O12S3. The van der Waals surface area contributed by atoms with E-state index in [-0.39, 0.29) is 78.8 Å². The number of nitrogens with zero attached hydrogens (tertiary/aromatic N) is 3. The lowest BCUT2D eigenvalue weighted by atomic mass is 9.95. The minimum Gasteiger partial charge on any atom is -0.508 e. The first-order chi connectivity index (χ1) is 53.2. The number of thiophene rings is 3. The molecule has 0 amide bonds. The average Bonchev–Trinajstić information content (AvgIpc) is 1.63. The summed E-state index contributed by atoms with van der Waals surface area (Å²) in [5, 5.41) is 32.6. The Kier molecular flexibility index (Phi) is 25.1. The fraction of sp³-hybridized carbons (Fsp3) is 0.276. The maximum atomic E-state index is 14.1. The second-order valence-corrected chi connectivity index (χ2v) is 31.1. The van der Waals surface area contributed by atoms with E-state index in [4.69, 9.17) is 40.0 Å². The van der Waals surface area contributed by atoms with Crippen molar-refractivity contribution in [3.63, 3.8) is 0 Å². The Bertz CT molecular complexity index is 5270. The van der Waals surface area contributed by atoms with Crippen LogP contribution in [0.4, 0.5) is 17.6 Å². The van der Waals surface area contributed by atoms with Crippen molar-refractivity contribution in [2.24, 2.45) is 0 Å². The van der Waals surface area contributed by atoms with Gasteiger partial charge in [0.25, 0.3) is 0 Å². The number of alkyl halides is 3. The van der Waals surface area contributed by atoms with Crippen LogP contribution < -0.4 is 28.4 Å². The molecule has 110 heavy (non-hydrogen) atoms. The SMILES string of the molecule is CCc1cc(F)cc(C)c1C(=O)c1sc2cc(O)ccc2c1Oc1ccc(OC2CN(CCCF)C2)cc1.Cc1cc(C)c(C(=O)c2sc3cc(O)ccc3c2Oc2ccc(OC3CN(CCCF)C3)cc2)c(Cl)c1.Cc1ccccc1C(=O)c1sc2cc(O)ccc2c1Oc1ccc(OC2CN(CCCF)C2)cc1. The Morgan fingerprint density at radius 1 is 0.436 bits per heavy atom. The van der Waals surface area contributed by atoms with Gasteiger partial charge in [0.15, 0.2) is 17.2 Å². The second-order valence-electron chi connectivity index (χ2n) is 27.5. The lowest BCUT2D eigenvalue weighted by Crippen LogP contribution is -2.53. The molecule has 3 saturated heterocycles. The third-order valence-corrected chi connectivity index (χ3v) is 22.9. The highest BCUT2D eigenvalue weighted by molar-refractivity contribution is 7.22. The number of phenolic OH excluding ortho intramolecular Hbond substituents is 3. The summed E-state index contributed by atoms with van der Waals surface area (Å²) in [7, 11) is 0. The van der Waals surface area contributed by atoms with Gasteiger partial charge in [-0.2, -0.15) is 0 Å². The highest BCUT2D eigenvalue weighted by Crippen LogP contribution is 2.47. The normalized spacial score (nSPS) is 14.1. The summed E-state index contributed by atoms with van der Waals surface area (Å²) >= 11 is 10.3. The molecule has 3 aliphatic heterocycles. The molecular weight excluding hydrogens is 1490 g/mol. The van der Waals surface area contributed by atoms with E-state index in [1.165, 1.54) is 46.1 Å². The minimum absolute atomic E-state index is 0.0748. The van der Waals surface area contributed by atoms with Gasteiger partial charge in [0.05, 0.1) is 25.0 Å². The second kappa shape index (κ2) is 35.3. The van der Waals surface area contributed by atoms with E-state index in [9.17, 15) is 47.3 Å². The monoisotopic (exact) mass is 1570 g/mol. The van der Waals surface area contributed by atoms with Crippen LogP contribution in [0.25, 0.3) is 30.3 Å². The van der Waals surface area contributed by atoms with Crippen molar-refractivity contribution < 1.29 is 75.7 Å². The van der Waals surface area contributed by atoms with E-state index in [1.807, 2.05) is 107 Å². The van der Waals surface area contributed by atoms with E-state index in [1.54, 1.807) is 91.9 Å². The lowest BCUT2D eigenvalue weighted by Gasteiger charge is -2.38. The zero-order valence-electron chi connectivity index (χ0n) is 61.3. The molecule has 0 aliphatic carbocycles. The number of aromatic hydroxyl groups is 3. The van der Waals surface area contributed by atoms with Gasteiger partial charge in [-0.15, -0.1) is 34.0 Å². The molecule has 570 valence electrons. The van der Waals surface area contributed by atoms with E-state index in [0.717, 1.165) is 107 Å². The third-order valence-electron chi connectivity index (χ3n) is 19.2. The van der Waals surface area contributed by atoms with Crippen LogP contribution in [0.3, 0.4) is 0 Å². The van der Waals surface area contributed by atoms with Crippen molar-refractivity contribution in [2.75, 3.05) is 78.9 Å². The number of carbonyl (C=O) groups is 3. The average molecular weight is 1570 g/mol. The molecule has 0 saturated carbocycles. The molecule has 15 rings (SSSR count). The number of phenols is 3. The van der Waals surface area contributed by atoms with E-state index in [2.05, 4.69) is 14.7 Å². The number of ether oxygens (including phenoxy) is 6. The zero-order valence-corrected chi connectivity index (χ0v) is 64.5. The summed E-state index contributed by atoms with van der Waals surface area (Å²) in [4.78, 5) is 48.8. The maximum absolute atomic E-state index is 14.1. The van der Waals surface area contributed by atoms with Crippen molar-refractivity contribution in [3.05, 3.63) is 246 Å². The van der Waals surface area contributed by atoms with Crippen LogP contribution in [-0.4, -0.2) is 145 Å². The topological polar surface area (TPSA) is 177 Å². The van der Waals surface area contributed by atoms with Crippen LogP contribution in [0.2, 0.25) is 5.02 Å². The molecule has 0 spiro atoms. The van der Waals surface area contributed by atoms with Crippen LogP contribution >= 0.6 is 45.6 Å². The van der Waals surface area contributed by atoms with Crippen molar-refractivity contribution >= 4 is 93.2 Å². The number of likely N-dealkylation sites (tertiary alicyclic amines) is 3. The van der Waals surface area contributed by atoms with Gasteiger partial charge in [-0.05, 0) is 227 Å². The largest absolute Gasteiger partial charge is 0.508 e. The molecule has 9 aromatic carbocycles. The lowest BCUT2D eigenvalue weighted by molar-refractivity contribution is 0.0183. The van der Waals surface area contributed by atoms with E-state index in [0.29, 0.717) is 123 Å². The van der Waals surface area contributed by atoms with Gasteiger partial charge in [0.2, 0.25) is 17.3 Å². The van der Waals surface area contributed by atoms with Crippen molar-refractivity contribution in [3.8, 4) is 69.0 Å². The van der Waals surface area contributed by atoms with Crippen molar-refractivity contribution in [1.29, 1.82) is 0 Å². The predicted octanol–water partition coefficient (Wildman–Crippen LogP) is 20.7. The molecule has 23 heteroatoms. The molecule has 15 nitrogen and oxygen atoms in total. The fourth-order valence-corrected chi connectivity index (χ4v) is 17.4. The number of hydrogen-bond donors (Lipinski definition) is 3. The minimum atomic E-state index is -0.370. The molecule has 3 N–H and O–H groups in total. The number of fused-ring (bicyclic) bond motifs is 3. The summed E-state index contributed by atoms with van der Waals surface area (Å²) < 4.78 is 90.1. The van der Waals surface area contributed by atoms with Gasteiger partial charge in [0.1, 0.15) is 90.5 Å². The van der Waals surface area contributed by atoms with Crippen LogP contribution in [0, 0.1) is 33.5 Å². The molecule has 0 unspecified atom stereocenters. The van der Waals surface area contributed by atoms with Crippen LogP contribution in [-0.2, 0) is 6.42 Å². The number of hydrogen-bond acceptors (Lipinski definition) is 18.